The molecule has 32 heavy (non-hydrogen) atoms. The largest absolute Gasteiger partial charge is 0.497 e. The molecular formula is C22H29NO8S. The van der Waals surface area contributed by atoms with Gasteiger partial charge in [0, 0.05) is 17.4 Å². The molecule has 2 fully saturated rings. The second-order valence-electron chi connectivity index (χ2n) is 7.46. The van der Waals surface area contributed by atoms with Gasteiger partial charge in [-0.3, -0.25) is 4.79 Å². The van der Waals surface area contributed by atoms with Gasteiger partial charge >= 0.3 is 11.9 Å². The minimum Gasteiger partial charge on any atom is -0.497 e. The highest BCUT2D eigenvalue weighted by Crippen LogP contribution is 2.54. The second kappa shape index (κ2) is 9.58. The molecule has 0 saturated carbocycles. The lowest BCUT2D eigenvalue weighted by molar-refractivity contribution is -0.215. The summed E-state index contributed by atoms with van der Waals surface area (Å²) in [5, 5.41) is 0. The van der Waals surface area contributed by atoms with Crippen molar-refractivity contribution >= 4 is 29.6 Å². The van der Waals surface area contributed by atoms with E-state index in [1.807, 2.05) is 0 Å². The number of ether oxygens (including phenoxy) is 5. The summed E-state index contributed by atoms with van der Waals surface area (Å²) in [6.45, 7) is 5.47. The van der Waals surface area contributed by atoms with E-state index in [0.29, 0.717) is 29.4 Å². The van der Waals surface area contributed by atoms with E-state index in [-0.39, 0.29) is 25.7 Å². The number of benzene rings is 1. The van der Waals surface area contributed by atoms with E-state index >= 15 is 0 Å². The number of carbonyl (C=O) groups excluding carboxylic acids is 3. The average Bonchev–Trinajstić information content (AvgIpc) is 3.21. The molecule has 2 aliphatic rings. The molecule has 3 rings (SSSR count). The SMILES string of the molecule is CCOC(=O)C1(C(=O)OCC)C(C2(C)OCCS2)C(=O)N1Cc1ccc(OC)cc1OC. The lowest BCUT2D eigenvalue weighted by Crippen LogP contribution is -2.82. The highest BCUT2D eigenvalue weighted by molar-refractivity contribution is 8.00. The van der Waals surface area contributed by atoms with Crippen LogP contribution in [0, 0.1) is 5.92 Å². The van der Waals surface area contributed by atoms with Crippen LogP contribution in [0.1, 0.15) is 26.3 Å². The van der Waals surface area contributed by atoms with Crippen molar-refractivity contribution in [3.63, 3.8) is 0 Å². The molecule has 2 atom stereocenters. The molecule has 176 valence electrons. The Morgan fingerprint density at radius 1 is 1.16 bits per heavy atom. The van der Waals surface area contributed by atoms with Crippen LogP contribution in [-0.2, 0) is 35.1 Å². The number of amides is 1. The Hall–Kier alpha value is -2.46. The fourth-order valence-corrected chi connectivity index (χ4v) is 5.45. The Kier molecular flexibility index (Phi) is 7.24. The molecule has 10 heteroatoms. The molecule has 2 heterocycles. The first-order valence-electron chi connectivity index (χ1n) is 10.4. The standard InChI is InChI=1S/C22H29NO8S/c1-6-29-19(25)22(20(26)30-7-2)17(21(3)31-10-11-32-21)18(24)23(22)13-14-8-9-15(27-4)12-16(14)28-5/h8-9,12,17H,6-7,10-11,13H2,1-5H3. The normalized spacial score (nSPS) is 24.0. The molecule has 0 bridgehead atoms. The molecule has 0 spiro atoms. The van der Waals surface area contributed by atoms with Gasteiger partial charge < -0.3 is 28.6 Å². The number of esters is 2. The number of β-lactam (4-membered cyclic amide) rings is 1. The number of carbonyl (C=O) groups is 3. The van der Waals surface area contributed by atoms with Crippen LogP contribution in [0.25, 0.3) is 0 Å². The van der Waals surface area contributed by atoms with E-state index in [4.69, 9.17) is 23.7 Å². The third kappa shape index (κ3) is 3.79. The summed E-state index contributed by atoms with van der Waals surface area (Å²) in [5.41, 5.74) is -1.36. The Labute approximate surface area is 191 Å². The highest BCUT2D eigenvalue weighted by Gasteiger charge is 2.77. The monoisotopic (exact) mass is 467 g/mol. The van der Waals surface area contributed by atoms with E-state index in [9.17, 15) is 14.4 Å². The predicted molar refractivity (Wildman–Crippen MR) is 116 cm³/mol. The first kappa shape index (κ1) is 24.2. The fourth-order valence-electron chi connectivity index (χ4n) is 4.28. The minimum absolute atomic E-state index is 0.0469. The van der Waals surface area contributed by atoms with Gasteiger partial charge in [-0.15, -0.1) is 11.8 Å². The van der Waals surface area contributed by atoms with Gasteiger partial charge in [-0.25, -0.2) is 9.59 Å². The molecule has 2 unspecified atom stereocenters. The third-order valence-corrected chi connectivity index (χ3v) is 7.04. The summed E-state index contributed by atoms with van der Waals surface area (Å²) in [4.78, 5) is 40.3. The summed E-state index contributed by atoms with van der Waals surface area (Å²) in [6, 6.07) is 5.11. The smallest absolute Gasteiger partial charge is 0.344 e. The Morgan fingerprint density at radius 3 is 2.31 bits per heavy atom. The van der Waals surface area contributed by atoms with Crippen molar-refractivity contribution in [2.45, 2.75) is 37.8 Å². The van der Waals surface area contributed by atoms with Crippen LogP contribution in [0.2, 0.25) is 0 Å². The van der Waals surface area contributed by atoms with Crippen molar-refractivity contribution in [1.82, 2.24) is 4.90 Å². The molecular weight excluding hydrogens is 438 g/mol. The summed E-state index contributed by atoms with van der Waals surface area (Å²) in [7, 11) is 3.03. The van der Waals surface area contributed by atoms with Crippen LogP contribution in [-0.4, -0.2) is 73.0 Å². The van der Waals surface area contributed by atoms with Gasteiger partial charge in [-0.1, -0.05) is 0 Å². The van der Waals surface area contributed by atoms with Crippen LogP contribution < -0.4 is 9.47 Å². The van der Waals surface area contributed by atoms with Crippen LogP contribution in [0.5, 0.6) is 11.5 Å². The molecule has 2 saturated heterocycles. The molecule has 9 nitrogen and oxygen atoms in total. The van der Waals surface area contributed by atoms with Gasteiger partial charge in [-0.05, 0) is 32.9 Å². The first-order chi connectivity index (χ1) is 15.3. The van der Waals surface area contributed by atoms with Crippen molar-refractivity contribution < 1.29 is 38.1 Å². The number of methoxy groups -OCH3 is 2. The third-order valence-electron chi connectivity index (χ3n) is 5.74. The van der Waals surface area contributed by atoms with Crippen molar-refractivity contribution in [1.29, 1.82) is 0 Å². The number of likely N-dealkylation sites (tertiary alicyclic amines) is 1. The zero-order chi connectivity index (χ0) is 23.5. The molecule has 1 aromatic carbocycles. The number of hydrogen-bond acceptors (Lipinski definition) is 9. The number of thioether (sulfide) groups is 1. The quantitative estimate of drug-likeness (QED) is 0.307. The van der Waals surface area contributed by atoms with Crippen LogP contribution in [0.4, 0.5) is 0 Å². The summed E-state index contributed by atoms with van der Waals surface area (Å²) < 4.78 is 27.2. The number of hydrogen-bond donors (Lipinski definition) is 0. The predicted octanol–water partition coefficient (Wildman–Crippen LogP) is 2.01. The lowest BCUT2D eigenvalue weighted by Gasteiger charge is -2.56. The maximum atomic E-state index is 13.5. The zero-order valence-electron chi connectivity index (χ0n) is 19.0. The van der Waals surface area contributed by atoms with Crippen molar-refractivity contribution in [3.05, 3.63) is 23.8 Å². The lowest BCUT2D eigenvalue weighted by atomic mass is 9.69. The summed E-state index contributed by atoms with van der Waals surface area (Å²) >= 11 is 1.40. The van der Waals surface area contributed by atoms with E-state index in [1.54, 1.807) is 39.0 Å². The second-order valence-corrected chi connectivity index (χ2v) is 8.96. The van der Waals surface area contributed by atoms with E-state index < -0.39 is 28.3 Å². The van der Waals surface area contributed by atoms with Gasteiger partial charge in [-0.2, -0.15) is 0 Å². The molecule has 0 aromatic heterocycles. The number of rotatable bonds is 9. The molecule has 0 aliphatic carbocycles. The number of nitrogens with zero attached hydrogens (tertiary/aromatic N) is 1. The maximum Gasteiger partial charge on any atom is 0.344 e. The van der Waals surface area contributed by atoms with Crippen LogP contribution in [0.3, 0.4) is 0 Å². The fraction of sp³-hybridized carbons (Fsp3) is 0.591. The van der Waals surface area contributed by atoms with Crippen LogP contribution in [0.15, 0.2) is 18.2 Å². The summed E-state index contributed by atoms with van der Waals surface area (Å²) in [5.74, 6) is -1.44. The van der Waals surface area contributed by atoms with E-state index in [1.165, 1.54) is 30.9 Å². The molecule has 1 amide bonds. The zero-order valence-corrected chi connectivity index (χ0v) is 19.8. The van der Waals surface area contributed by atoms with Crippen molar-refractivity contribution in [3.8, 4) is 11.5 Å². The average molecular weight is 468 g/mol. The molecule has 0 N–H and O–H groups in total. The van der Waals surface area contributed by atoms with Gasteiger partial charge in [0.15, 0.2) is 0 Å². The van der Waals surface area contributed by atoms with Crippen molar-refractivity contribution in [2.24, 2.45) is 5.92 Å². The minimum atomic E-state index is -1.96. The molecule has 2 aliphatic heterocycles. The Bertz CT molecular complexity index is 865. The van der Waals surface area contributed by atoms with Gasteiger partial charge in [0.1, 0.15) is 22.4 Å². The summed E-state index contributed by atoms with van der Waals surface area (Å²) in [6.07, 6.45) is 0. The maximum absolute atomic E-state index is 13.5. The molecule has 0 radical (unpaired) electrons. The van der Waals surface area contributed by atoms with Crippen LogP contribution >= 0.6 is 11.8 Å². The Balaban J connectivity index is 2.10. The van der Waals surface area contributed by atoms with Gasteiger partial charge in [0.25, 0.3) is 5.54 Å². The first-order valence-corrected chi connectivity index (χ1v) is 11.4. The van der Waals surface area contributed by atoms with Crippen molar-refractivity contribution in [2.75, 3.05) is 39.8 Å². The van der Waals surface area contributed by atoms with Gasteiger partial charge in [0.05, 0.1) is 40.6 Å². The highest BCUT2D eigenvalue weighted by atomic mass is 32.2. The van der Waals surface area contributed by atoms with E-state index in [2.05, 4.69) is 0 Å². The Morgan fingerprint density at radius 2 is 1.81 bits per heavy atom. The van der Waals surface area contributed by atoms with Gasteiger partial charge in [0.2, 0.25) is 5.91 Å². The molecule has 1 aromatic rings. The van der Waals surface area contributed by atoms with E-state index in [0.717, 1.165) is 0 Å². The topological polar surface area (TPSA) is 101 Å².